The molecule has 14 nitrogen and oxygen atoms in total. The second-order valence-electron chi connectivity index (χ2n) is 16.7. The number of nitrogens with one attached hydrogen (secondary N) is 1. The largest absolute Gasteiger partial charge is 0.480 e. The standard InChI is InChI=1S/C45H52ClF3N6O8S/c1-6-30(7-2)53(18-17-52(5)36(56)13-14-37(57)54(25-38(58)59)26-39(60)61)23-27-9-8-10-28(19-27)42(63)51-43-40(32-15-16-44(3,4)21-35(32)64-43)41(62)29-22-50-55(24-29)31-11-12-34(46)33(20-31)45(47,48)49/h8-12,19-20,22,24,30H,6-7,13-18,21,23,25-26H2,1-5H3,(H,51,63)(H,58,59)(H,60,61). The van der Waals surface area contributed by atoms with Gasteiger partial charge in [0.2, 0.25) is 11.8 Å². The molecule has 2 aromatic heterocycles. The number of nitrogens with zero attached hydrogens (tertiary/aromatic N) is 5. The number of alkyl halides is 3. The number of rotatable bonds is 20. The number of thiophene rings is 1. The van der Waals surface area contributed by atoms with E-state index < -0.39 is 59.4 Å². The molecular formula is C45H52ClF3N6O8S. The lowest BCUT2D eigenvalue weighted by Gasteiger charge is -2.32. The van der Waals surface area contributed by atoms with Crippen molar-refractivity contribution in [3.05, 3.63) is 98.1 Å². The van der Waals surface area contributed by atoms with Crippen molar-refractivity contribution in [1.82, 2.24) is 24.5 Å². The molecule has 2 aromatic carbocycles. The molecule has 0 spiro atoms. The number of halogens is 4. The monoisotopic (exact) mass is 928 g/mol. The van der Waals surface area contributed by atoms with Gasteiger partial charge >= 0.3 is 18.1 Å². The molecule has 0 aliphatic heterocycles. The lowest BCUT2D eigenvalue weighted by Crippen LogP contribution is -2.42. The highest BCUT2D eigenvalue weighted by Crippen LogP contribution is 2.45. The number of ketones is 1. The summed E-state index contributed by atoms with van der Waals surface area (Å²) >= 11 is 7.17. The van der Waals surface area contributed by atoms with Crippen LogP contribution < -0.4 is 5.32 Å². The Kier molecular flexibility index (Phi) is 16.2. The number of hydrogen-bond acceptors (Lipinski definition) is 9. The summed E-state index contributed by atoms with van der Waals surface area (Å²) in [6, 6.07) is 10.6. The van der Waals surface area contributed by atoms with E-state index in [1.807, 2.05) is 6.07 Å². The van der Waals surface area contributed by atoms with Gasteiger partial charge < -0.3 is 25.3 Å². The normalized spacial score (nSPS) is 13.4. The van der Waals surface area contributed by atoms with Crippen molar-refractivity contribution in [3.63, 3.8) is 0 Å². The van der Waals surface area contributed by atoms with Crippen molar-refractivity contribution in [1.29, 1.82) is 0 Å². The maximum absolute atomic E-state index is 14.3. The van der Waals surface area contributed by atoms with E-state index in [9.17, 15) is 41.9 Å². The summed E-state index contributed by atoms with van der Waals surface area (Å²) in [5, 5.41) is 25.2. The molecule has 19 heteroatoms. The maximum Gasteiger partial charge on any atom is 0.417 e. The zero-order valence-corrected chi connectivity index (χ0v) is 37.8. The molecule has 1 aliphatic rings. The van der Waals surface area contributed by atoms with E-state index in [0.29, 0.717) is 53.5 Å². The topological polar surface area (TPSA) is 182 Å². The first-order chi connectivity index (χ1) is 30.1. The average Bonchev–Trinajstić information content (AvgIpc) is 3.85. The third kappa shape index (κ3) is 12.6. The van der Waals surface area contributed by atoms with Crippen LogP contribution in [0, 0.1) is 5.41 Å². The summed E-state index contributed by atoms with van der Waals surface area (Å²) in [5.41, 5.74) is 1.44. The number of aliphatic carboxylic acids is 2. The lowest BCUT2D eigenvalue weighted by atomic mass is 9.76. The number of carbonyl (C=O) groups excluding carboxylic acids is 4. The number of carbonyl (C=O) groups is 6. The van der Waals surface area contributed by atoms with E-state index in [4.69, 9.17) is 21.8 Å². The molecule has 3 amide bonds. The molecule has 5 rings (SSSR count). The molecule has 3 N–H and O–H groups in total. The number of fused-ring (bicyclic) bond motifs is 1. The lowest BCUT2D eigenvalue weighted by molar-refractivity contribution is -0.149. The Morgan fingerprint density at radius 1 is 0.953 bits per heavy atom. The number of likely N-dealkylation sites (N-methyl/N-ethyl adjacent to an activating group) is 1. The van der Waals surface area contributed by atoms with Crippen LogP contribution in [0.2, 0.25) is 5.02 Å². The first-order valence-electron chi connectivity index (χ1n) is 20.8. The van der Waals surface area contributed by atoms with Crippen LogP contribution in [-0.2, 0) is 44.7 Å². The molecule has 64 heavy (non-hydrogen) atoms. The molecule has 0 saturated carbocycles. The Bertz CT molecular complexity index is 2380. The molecule has 4 aromatic rings. The van der Waals surface area contributed by atoms with Crippen molar-refractivity contribution in [2.24, 2.45) is 5.41 Å². The summed E-state index contributed by atoms with van der Waals surface area (Å²) in [7, 11) is 1.59. The maximum atomic E-state index is 14.3. The first kappa shape index (κ1) is 49.4. The van der Waals surface area contributed by atoms with Crippen LogP contribution in [0.5, 0.6) is 0 Å². The molecule has 0 fully saturated rings. The summed E-state index contributed by atoms with van der Waals surface area (Å²) < 4.78 is 42.1. The second-order valence-corrected chi connectivity index (χ2v) is 18.2. The summed E-state index contributed by atoms with van der Waals surface area (Å²) in [5.74, 6) is -4.72. The van der Waals surface area contributed by atoms with E-state index >= 15 is 0 Å². The van der Waals surface area contributed by atoms with Gasteiger partial charge in [0.15, 0.2) is 5.78 Å². The minimum atomic E-state index is -4.70. The van der Waals surface area contributed by atoms with Gasteiger partial charge in [-0.05, 0) is 79.0 Å². The fourth-order valence-corrected chi connectivity index (χ4v) is 9.50. The van der Waals surface area contributed by atoms with Crippen molar-refractivity contribution < 1.29 is 52.2 Å². The zero-order valence-electron chi connectivity index (χ0n) is 36.3. The summed E-state index contributed by atoms with van der Waals surface area (Å²) in [6.45, 7) is 7.98. The Morgan fingerprint density at radius 2 is 1.62 bits per heavy atom. The molecule has 0 bridgehead atoms. The molecular weight excluding hydrogens is 877 g/mol. The van der Waals surface area contributed by atoms with Gasteiger partial charge in [0, 0.05) is 62.2 Å². The molecule has 1 aliphatic carbocycles. The Balaban J connectivity index is 1.32. The van der Waals surface area contributed by atoms with Gasteiger partial charge in [-0.25, -0.2) is 4.68 Å². The SMILES string of the molecule is CCC(CC)N(CCN(C)C(=O)CCC(=O)N(CC(=O)O)CC(=O)O)Cc1cccc(C(=O)Nc2sc3c(c2C(=O)c2cnn(-c4ccc(Cl)c(C(F)(F)F)c4)c2)CCC(C)(C)C3)c1. The minimum absolute atomic E-state index is 0.0418. The Hall–Kier alpha value is -5.59. The number of carboxylic acids is 2. The van der Waals surface area contributed by atoms with Crippen LogP contribution in [0.15, 0.2) is 54.9 Å². The van der Waals surface area contributed by atoms with Gasteiger partial charge in [-0.3, -0.25) is 33.7 Å². The van der Waals surface area contributed by atoms with Gasteiger partial charge in [-0.1, -0.05) is 51.4 Å². The predicted molar refractivity (Wildman–Crippen MR) is 235 cm³/mol. The van der Waals surface area contributed by atoms with Crippen LogP contribution in [0.3, 0.4) is 0 Å². The van der Waals surface area contributed by atoms with Crippen molar-refractivity contribution >= 4 is 63.4 Å². The summed E-state index contributed by atoms with van der Waals surface area (Å²) in [4.78, 5) is 81.5. The zero-order chi connectivity index (χ0) is 47.1. The number of aromatic nitrogens is 2. The molecule has 344 valence electrons. The van der Waals surface area contributed by atoms with Crippen molar-refractivity contribution in [2.75, 3.05) is 38.5 Å². The quantitative estimate of drug-likeness (QED) is 0.0739. The summed E-state index contributed by atoms with van der Waals surface area (Å²) in [6.07, 6.45) is 1.06. The van der Waals surface area contributed by atoms with Crippen molar-refractivity contribution in [2.45, 2.75) is 91.4 Å². The third-order valence-corrected chi connectivity index (χ3v) is 12.8. The highest BCUT2D eigenvalue weighted by molar-refractivity contribution is 7.17. The van der Waals surface area contributed by atoms with Crippen LogP contribution in [0.1, 0.15) is 108 Å². The highest BCUT2D eigenvalue weighted by Gasteiger charge is 2.35. The number of hydrogen-bond donors (Lipinski definition) is 3. The minimum Gasteiger partial charge on any atom is -0.480 e. The number of amides is 3. The van der Waals surface area contributed by atoms with Crippen LogP contribution in [-0.4, -0.2) is 109 Å². The number of carboxylic acid groups (broad SMARTS) is 2. The van der Waals surface area contributed by atoms with Gasteiger partial charge in [0.25, 0.3) is 5.91 Å². The highest BCUT2D eigenvalue weighted by atomic mass is 35.5. The third-order valence-electron chi connectivity index (χ3n) is 11.3. The van der Waals surface area contributed by atoms with E-state index in [-0.39, 0.29) is 41.5 Å². The van der Waals surface area contributed by atoms with Gasteiger partial charge in [0.1, 0.15) is 18.1 Å². The van der Waals surface area contributed by atoms with E-state index in [1.54, 1.807) is 25.2 Å². The Labute approximate surface area is 378 Å². The van der Waals surface area contributed by atoms with E-state index in [1.165, 1.54) is 39.4 Å². The van der Waals surface area contributed by atoms with Gasteiger partial charge in [-0.2, -0.15) is 18.3 Å². The van der Waals surface area contributed by atoms with Gasteiger partial charge in [0.05, 0.1) is 33.6 Å². The van der Waals surface area contributed by atoms with Crippen molar-refractivity contribution in [3.8, 4) is 5.69 Å². The Morgan fingerprint density at radius 3 is 2.27 bits per heavy atom. The van der Waals surface area contributed by atoms with Crippen LogP contribution in [0.25, 0.3) is 5.69 Å². The fourth-order valence-electron chi connectivity index (χ4n) is 7.77. The predicted octanol–water partition coefficient (Wildman–Crippen LogP) is 7.83. The average molecular weight is 929 g/mol. The smallest absolute Gasteiger partial charge is 0.417 e. The molecule has 0 unspecified atom stereocenters. The van der Waals surface area contributed by atoms with Gasteiger partial charge in [-0.15, -0.1) is 11.3 Å². The first-order valence-corrected chi connectivity index (χ1v) is 22.0. The van der Waals surface area contributed by atoms with E-state index in [2.05, 4.69) is 43.0 Å². The fraction of sp³-hybridized carbons (Fsp3) is 0.444. The molecule has 0 radical (unpaired) electrons. The second kappa shape index (κ2) is 20.9. The molecule has 0 atom stereocenters. The number of benzene rings is 2. The molecule has 2 heterocycles. The molecule has 0 saturated heterocycles. The number of anilines is 1. The van der Waals surface area contributed by atoms with Crippen LogP contribution >= 0.6 is 22.9 Å². The van der Waals surface area contributed by atoms with Crippen LogP contribution in [0.4, 0.5) is 18.2 Å². The van der Waals surface area contributed by atoms with E-state index in [0.717, 1.165) is 47.4 Å².